The highest BCUT2D eigenvalue weighted by atomic mass is 31.2. The van der Waals surface area contributed by atoms with Crippen molar-refractivity contribution < 1.29 is 32.9 Å². The van der Waals surface area contributed by atoms with Crippen LogP contribution < -0.4 is 10.2 Å². The Labute approximate surface area is 429 Å². The number of amides is 1. The highest BCUT2D eigenvalue weighted by Crippen LogP contribution is 2.38. The van der Waals surface area contributed by atoms with E-state index in [1.807, 2.05) is 21.1 Å². The Bertz CT molecular complexity index is 1260. The summed E-state index contributed by atoms with van der Waals surface area (Å²) in [6.45, 7) is 4.61. The number of unbranched alkanes of at least 4 members (excludes halogenated alkanes) is 33. The topological polar surface area (TPSA) is 108 Å². The third-order valence-electron chi connectivity index (χ3n) is 13.3. The number of phosphoric acid groups is 1. The van der Waals surface area contributed by atoms with Crippen molar-refractivity contribution in [3.8, 4) is 0 Å². The average Bonchev–Trinajstić information content (AvgIpc) is 3.31. The second kappa shape index (κ2) is 51.4. The molecule has 69 heavy (non-hydrogen) atoms. The van der Waals surface area contributed by atoms with Crippen LogP contribution in [0.2, 0.25) is 0 Å². The number of carbonyl (C=O) groups excluding carboxylic acids is 1. The van der Waals surface area contributed by atoms with Crippen molar-refractivity contribution in [2.24, 2.45) is 0 Å². The third kappa shape index (κ3) is 54.1. The largest absolute Gasteiger partial charge is 0.756 e. The summed E-state index contributed by atoms with van der Waals surface area (Å²) in [5.41, 5.74) is 0. The fourth-order valence-electron chi connectivity index (χ4n) is 8.74. The molecule has 0 bridgehead atoms. The molecule has 3 unspecified atom stereocenters. The van der Waals surface area contributed by atoms with Gasteiger partial charge in [0.1, 0.15) is 13.2 Å². The molecular weight excluding hydrogens is 876 g/mol. The van der Waals surface area contributed by atoms with E-state index in [4.69, 9.17) is 9.05 Å². The van der Waals surface area contributed by atoms with E-state index < -0.39 is 20.0 Å². The molecule has 0 saturated carbocycles. The molecule has 0 heterocycles. The fourth-order valence-corrected chi connectivity index (χ4v) is 9.46. The minimum Gasteiger partial charge on any atom is -0.756 e. The average molecular weight is 992 g/mol. The first-order valence-corrected chi connectivity index (χ1v) is 30.9. The lowest BCUT2D eigenvalue weighted by molar-refractivity contribution is -0.870. The second-order valence-corrected chi connectivity index (χ2v) is 22.7. The van der Waals surface area contributed by atoms with Gasteiger partial charge >= 0.3 is 0 Å². The SMILES string of the molecule is CC/C=C\C/C=C\C/C=C\C/C=C\CCCCCCCCCCCCCCCCCCCCCCCCCCC(=O)NC(COP(=O)([O-])OCC[N+](C)(C)C)C(O)CCCCCCCCCCCC. The van der Waals surface area contributed by atoms with E-state index in [9.17, 15) is 19.4 Å². The van der Waals surface area contributed by atoms with E-state index in [1.54, 1.807) is 0 Å². The maximum Gasteiger partial charge on any atom is 0.268 e. The van der Waals surface area contributed by atoms with E-state index in [0.717, 1.165) is 64.2 Å². The molecule has 0 aromatic carbocycles. The molecular formula is C60H115N2O6P. The van der Waals surface area contributed by atoms with E-state index in [-0.39, 0.29) is 19.1 Å². The maximum atomic E-state index is 12.9. The lowest BCUT2D eigenvalue weighted by atomic mass is 10.0. The van der Waals surface area contributed by atoms with Gasteiger partial charge in [0, 0.05) is 6.42 Å². The van der Waals surface area contributed by atoms with Crippen LogP contribution in [0.15, 0.2) is 48.6 Å². The molecule has 1 amide bonds. The molecule has 0 aromatic heterocycles. The number of phosphoric ester groups is 1. The van der Waals surface area contributed by atoms with Gasteiger partial charge in [-0.25, -0.2) is 0 Å². The number of hydrogen-bond acceptors (Lipinski definition) is 6. The molecule has 2 N–H and O–H groups in total. The Morgan fingerprint density at radius 2 is 0.884 bits per heavy atom. The molecule has 3 atom stereocenters. The van der Waals surface area contributed by atoms with Crippen LogP contribution in [0, 0.1) is 0 Å². The molecule has 0 aliphatic rings. The van der Waals surface area contributed by atoms with Crippen LogP contribution in [0.1, 0.15) is 277 Å². The van der Waals surface area contributed by atoms with Crippen LogP contribution in [-0.2, 0) is 18.4 Å². The summed E-state index contributed by atoms with van der Waals surface area (Å²) in [5.74, 6) is -0.162. The molecule has 0 radical (unpaired) electrons. The van der Waals surface area contributed by atoms with Crippen LogP contribution in [0.3, 0.4) is 0 Å². The summed E-state index contributed by atoms with van der Waals surface area (Å²) in [6.07, 6.45) is 67.5. The monoisotopic (exact) mass is 991 g/mol. The summed E-state index contributed by atoms with van der Waals surface area (Å²) < 4.78 is 23.3. The summed E-state index contributed by atoms with van der Waals surface area (Å²) in [4.78, 5) is 25.4. The van der Waals surface area contributed by atoms with Crippen molar-refractivity contribution in [2.75, 3.05) is 40.9 Å². The quantitative estimate of drug-likeness (QED) is 0.0272. The van der Waals surface area contributed by atoms with Gasteiger partial charge in [-0.05, 0) is 51.4 Å². The van der Waals surface area contributed by atoms with Crippen LogP contribution in [0.25, 0.3) is 0 Å². The van der Waals surface area contributed by atoms with Gasteiger partial charge in [-0.2, -0.15) is 0 Å². The molecule has 0 rings (SSSR count). The molecule has 0 aliphatic carbocycles. The Balaban J connectivity index is 3.84. The number of carbonyl (C=O) groups is 1. The first kappa shape index (κ1) is 67.5. The maximum absolute atomic E-state index is 12.9. The molecule has 8 nitrogen and oxygen atoms in total. The minimum atomic E-state index is -4.56. The number of allylic oxidation sites excluding steroid dienone is 8. The lowest BCUT2D eigenvalue weighted by Gasteiger charge is -2.30. The van der Waals surface area contributed by atoms with Crippen LogP contribution in [0.4, 0.5) is 0 Å². The van der Waals surface area contributed by atoms with Gasteiger partial charge in [-0.15, -0.1) is 0 Å². The number of likely N-dealkylation sites (N-methyl/N-ethyl adjacent to an activating group) is 1. The fraction of sp³-hybridized carbons (Fsp3) is 0.850. The third-order valence-corrected chi connectivity index (χ3v) is 14.3. The number of nitrogens with zero attached hydrogens (tertiary/aromatic N) is 1. The number of nitrogens with one attached hydrogen (secondary N) is 1. The summed E-state index contributed by atoms with van der Waals surface area (Å²) in [6, 6.07) is -0.797. The zero-order valence-electron chi connectivity index (χ0n) is 46.3. The zero-order valence-corrected chi connectivity index (χ0v) is 47.2. The summed E-state index contributed by atoms with van der Waals surface area (Å²) in [7, 11) is 1.31. The number of rotatable bonds is 54. The van der Waals surface area contributed by atoms with Crippen LogP contribution in [0.5, 0.6) is 0 Å². The number of aliphatic hydroxyl groups excluding tert-OH is 1. The first-order valence-electron chi connectivity index (χ1n) is 29.5. The number of quaternary nitrogens is 1. The molecule has 0 aromatic rings. The van der Waals surface area contributed by atoms with Gasteiger partial charge < -0.3 is 28.8 Å². The van der Waals surface area contributed by atoms with Gasteiger partial charge in [-0.1, -0.05) is 268 Å². The molecule has 406 valence electrons. The lowest BCUT2D eigenvalue weighted by Crippen LogP contribution is -2.46. The van der Waals surface area contributed by atoms with Gasteiger partial charge in [0.25, 0.3) is 7.82 Å². The molecule has 9 heteroatoms. The second-order valence-electron chi connectivity index (χ2n) is 21.3. The predicted molar refractivity (Wildman–Crippen MR) is 298 cm³/mol. The molecule has 0 saturated heterocycles. The van der Waals surface area contributed by atoms with Crippen molar-refractivity contribution in [3.63, 3.8) is 0 Å². The van der Waals surface area contributed by atoms with Gasteiger partial charge in [0.05, 0.1) is 39.9 Å². The molecule has 0 fully saturated rings. The standard InChI is InChI=1S/C60H115N2O6P/c1-6-8-10-12-14-16-18-19-20-21-22-23-24-25-26-27-28-29-30-31-32-33-34-35-36-37-38-39-40-41-42-43-44-46-48-50-52-54-60(64)61-58(57-68-69(65,66)67-56-55-62(3,4)5)59(63)53-51-49-47-45-17-15-13-11-9-7-2/h8,10,14,16,19-20,22-23,58-59,63H,6-7,9,11-13,15,17-18,21,24-57H2,1-5H3,(H-,61,64,65,66)/b10-8-,16-14-,20-19-,23-22-. The van der Waals surface area contributed by atoms with Crippen molar-refractivity contribution in [1.29, 1.82) is 0 Å². The van der Waals surface area contributed by atoms with E-state index in [1.165, 1.54) is 186 Å². The normalized spacial score (nSPS) is 14.2. The van der Waals surface area contributed by atoms with Crippen LogP contribution >= 0.6 is 7.82 Å². The highest BCUT2D eigenvalue weighted by molar-refractivity contribution is 7.45. The van der Waals surface area contributed by atoms with E-state index in [2.05, 4.69) is 67.8 Å². The summed E-state index contributed by atoms with van der Waals surface area (Å²) >= 11 is 0. The summed E-state index contributed by atoms with van der Waals surface area (Å²) in [5, 5.41) is 13.9. The van der Waals surface area contributed by atoms with Gasteiger partial charge in [0.2, 0.25) is 5.91 Å². The number of aliphatic hydroxyl groups is 1. The molecule has 0 spiro atoms. The van der Waals surface area contributed by atoms with Crippen molar-refractivity contribution >= 4 is 13.7 Å². The van der Waals surface area contributed by atoms with Crippen LogP contribution in [-0.4, -0.2) is 68.5 Å². The Kier molecular flexibility index (Phi) is 50.2. The van der Waals surface area contributed by atoms with E-state index in [0.29, 0.717) is 23.9 Å². The van der Waals surface area contributed by atoms with E-state index >= 15 is 0 Å². The highest BCUT2D eigenvalue weighted by Gasteiger charge is 2.24. The van der Waals surface area contributed by atoms with Crippen molar-refractivity contribution in [3.05, 3.63) is 48.6 Å². The zero-order chi connectivity index (χ0) is 50.6. The number of hydrogen-bond donors (Lipinski definition) is 2. The Morgan fingerprint density at radius 1 is 0.522 bits per heavy atom. The van der Waals surface area contributed by atoms with Crippen molar-refractivity contribution in [1.82, 2.24) is 5.32 Å². The Hall–Kier alpha value is -1.54. The van der Waals surface area contributed by atoms with Gasteiger partial charge in [-0.3, -0.25) is 9.36 Å². The Morgan fingerprint density at radius 3 is 1.29 bits per heavy atom. The van der Waals surface area contributed by atoms with Gasteiger partial charge in [0.15, 0.2) is 0 Å². The first-order chi connectivity index (χ1) is 33.5. The minimum absolute atomic E-state index is 0.0135. The van der Waals surface area contributed by atoms with Crippen molar-refractivity contribution in [2.45, 2.75) is 289 Å². The smallest absolute Gasteiger partial charge is 0.268 e. The predicted octanol–water partition coefficient (Wildman–Crippen LogP) is 17.3. The molecule has 0 aliphatic heterocycles.